The van der Waals surface area contributed by atoms with Crippen molar-refractivity contribution in [3.05, 3.63) is 28.7 Å². The Hall–Kier alpha value is -1.54. The summed E-state index contributed by atoms with van der Waals surface area (Å²) in [5, 5.41) is 2.76. The van der Waals surface area contributed by atoms with Gasteiger partial charge in [0.2, 0.25) is 5.91 Å². The fourth-order valence-corrected chi connectivity index (χ4v) is 2.69. The summed E-state index contributed by atoms with van der Waals surface area (Å²) in [4.78, 5) is 37.6. The van der Waals surface area contributed by atoms with Crippen molar-refractivity contribution in [1.29, 1.82) is 0 Å². The third-order valence-electron chi connectivity index (χ3n) is 2.85. The van der Waals surface area contributed by atoms with E-state index in [0.29, 0.717) is 0 Å². The number of rotatable bonds is 7. The van der Waals surface area contributed by atoms with E-state index in [1.54, 1.807) is 0 Å². The van der Waals surface area contributed by atoms with E-state index in [4.69, 9.17) is 4.74 Å². The molecule has 0 aliphatic rings. The molecule has 0 aliphatic carbocycles. The summed E-state index contributed by atoms with van der Waals surface area (Å²) >= 11 is 4.67. The van der Waals surface area contributed by atoms with Crippen LogP contribution in [0.2, 0.25) is 0 Å². The summed E-state index contributed by atoms with van der Waals surface area (Å²) in [6, 6.07) is 7.53. The molecule has 6 nitrogen and oxygen atoms in total. The van der Waals surface area contributed by atoms with Crippen LogP contribution < -0.4 is 5.32 Å². The lowest BCUT2D eigenvalue weighted by Crippen LogP contribution is -2.46. The second kappa shape index (κ2) is 9.82. The number of esters is 1. The Morgan fingerprint density at radius 2 is 1.80 bits per heavy atom. The van der Waals surface area contributed by atoms with Gasteiger partial charge in [-0.3, -0.25) is 14.4 Å². The Morgan fingerprint density at radius 1 is 1.20 bits per heavy atom. The average molecular weight is 431 g/mol. The van der Waals surface area contributed by atoms with E-state index in [9.17, 15) is 14.4 Å². The SMILES string of the molecule is CN(CC(=O)NC(C)(C)C)C(=O)COC(=O)CSc1ccc(Br)cc1. The second-order valence-corrected chi connectivity index (χ2v) is 8.42. The summed E-state index contributed by atoms with van der Waals surface area (Å²) in [7, 11) is 1.50. The lowest BCUT2D eigenvalue weighted by molar-refractivity contribution is -0.149. The molecule has 2 amide bonds. The molecular formula is C17H23BrN2O4S. The van der Waals surface area contributed by atoms with Crippen molar-refractivity contribution < 1.29 is 19.1 Å². The van der Waals surface area contributed by atoms with Crippen molar-refractivity contribution in [3.63, 3.8) is 0 Å². The van der Waals surface area contributed by atoms with Crippen molar-refractivity contribution >= 4 is 45.5 Å². The second-order valence-electron chi connectivity index (χ2n) is 6.45. The van der Waals surface area contributed by atoms with E-state index in [-0.39, 0.29) is 30.4 Å². The number of hydrogen-bond donors (Lipinski definition) is 1. The zero-order valence-electron chi connectivity index (χ0n) is 14.8. The molecule has 138 valence electrons. The molecule has 0 heterocycles. The standard InChI is InChI=1S/C17H23BrN2O4S/c1-17(2,3)19-14(21)9-20(4)15(22)10-24-16(23)11-25-13-7-5-12(18)6-8-13/h5-8H,9-11H2,1-4H3,(H,19,21). The first kappa shape index (κ1) is 21.5. The first-order valence-corrected chi connectivity index (χ1v) is 9.43. The molecule has 0 radical (unpaired) electrons. The normalized spacial score (nSPS) is 10.9. The molecule has 1 aromatic carbocycles. The Labute approximate surface area is 160 Å². The third kappa shape index (κ3) is 9.50. The molecule has 0 spiro atoms. The van der Waals surface area contributed by atoms with Crippen LogP contribution in [0.25, 0.3) is 0 Å². The number of halogens is 1. The zero-order valence-corrected chi connectivity index (χ0v) is 17.2. The number of thioether (sulfide) groups is 1. The minimum Gasteiger partial charge on any atom is -0.455 e. The number of nitrogens with one attached hydrogen (secondary N) is 1. The van der Waals surface area contributed by atoms with E-state index in [0.717, 1.165) is 9.37 Å². The van der Waals surface area contributed by atoms with Gasteiger partial charge < -0.3 is 15.0 Å². The van der Waals surface area contributed by atoms with Gasteiger partial charge in [-0.15, -0.1) is 11.8 Å². The third-order valence-corrected chi connectivity index (χ3v) is 4.36. The lowest BCUT2D eigenvalue weighted by Gasteiger charge is -2.23. The van der Waals surface area contributed by atoms with Gasteiger partial charge in [-0.1, -0.05) is 15.9 Å². The molecule has 25 heavy (non-hydrogen) atoms. The van der Waals surface area contributed by atoms with Crippen LogP contribution in [0.3, 0.4) is 0 Å². The zero-order chi connectivity index (χ0) is 19.0. The fraction of sp³-hybridized carbons (Fsp3) is 0.471. The van der Waals surface area contributed by atoms with Crippen molar-refractivity contribution in [3.8, 4) is 0 Å². The van der Waals surface area contributed by atoms with Gasteiger partial charge in [0.25, 0.3) is 5.91 Å². The highest BCUT2D eigenvalue weighted by Gasteiger charge is 2.18. The molecule has 0 fully saturated rings. The monoisotopic (exact) mass is 430 g/mol. The summed E-state index contributed by atoms with van der Waals surface area (Å²) < 4.78 is 5.92. The van der Waals surface area contributed by atoms with Crippen molar-refractivity contribution in [2.75, 3.05) is 26.0 Å². The number of benzene rings is 1. The van der Waals surface area contributed by atoms with Crippen LogP contribution >= 0.6 is 27.7 Å². The number of carbonyl (C=O) groups is 3. The number of nitrogens with zero attached hydrogens (tertiary/aromatic N) is 1. The summed E-state index contributed by atoms with van der Waals surface area (Å²) in [6.07, 6.45) is 0. The van der Waals surface area contributed by atoms with Gasteiger partial charge in [0.05, 0.1) is 12.3 Å². The molecule has 8 heteroatoms. The number of carbonyl (C=O) groups excluding carboxylic acids is 3. The maximum Gasteiger partial charge on any atom is 0.316 e. The Balaban J connectivity index is 2.31. The van der Waals surface area contributed by atoms with Crippen molar-refractivity contribution in [1.82, 2.24) is 10.2 Å². The van der Waals surface area contributed by atoms with E-state index < -0.39 is 11.9 Å². The summed E-state index contributed by atoms with van der Waals surface area (Å²) in [5.41, 5.74) is -0.363. The van der Waals surface area contributed by atoms with Gasteiger partial charge in [0.1, 0.15) is 0 Å². The number of ether oxygens (including phenoxy) is 1. The number of amides is 2. The van der Waals surface area contributed by atoms with Gasteiger partial charge in [0.15, 0.2) is 6.61 Å². The number of hydrogen-bond acceptors (Lipinski definition) is 5. The molecule has 0 bridgehead atoms. The van der Waals surface area contributed by atoms with Crippen LogP contribution in [0, 0.1) is 0 Å². The van der Waals surface area contributed by atoms with Crippen LogP contribution in [-0.4, -0.2) is 54.2 Å². The maximum atomic E-state index is 11.9. The molecule has 0 atom stereocenters. The molecule has 1 rings (SSSR count). The molecular weight excluding hydrogens is 408 g/mol. The van der Waals surface area contributed by atoms with Crippen LogP contribution in [0.4, 0.5) is 0 Å². The van der Waals surface area contributed by atoms with Gasteiger partial charge in [0, 0.05) is 22.0 Å². The first-order valence-electron chi connectivity index (χ1n) is 7.66. The van der Waals surface area contributed by atoms with Crippen LogP contribution in [-0.2, 0) is 19.1 Å². The van der Waals surface area contributed by atoms with Crippen LogP contribution in [0.1, 0.15) is 20.8 Å². The van der Waals surface area contributed by atoms with Gasteiger partial charge >= 0.3 is 5.97 Å². The summed E-state index contributed by atoms with van der Waals surface area (Å²) in [5.74, 6) is -1.05. The van der Waals surface area contributed by atoms with E-state index >= 15 is 0 Å². The van der Waals surface area contributed by atoms with Crippen molar-refractivity contribution in [2.45, 2.75) is 31.2 Å². The Bertz CT molecular complexity index is 614. The van der Waals surface area contributed by atoms with E-state index in [2.05, 4.69) is 21.2 Å². The quantitative estimate of drug-likeness (QED) is 0.530. The van der Waals surface area contributed by atoms with Crippen LogP contribution in [0.5, 0.6) is 0 Å². The molecule has 0 aromatic heterocycles. The van der Waals surface area contributed by atoms with Gasteiger partial charge in [-0.05, 0) is 45.0 Å². The topological polar surface area (TPSA) is 75.7 Å². The maximum absolute atomic E-state index is 11.9. The highest BCUT2D eigenvalue weighted by molar-refractivity contribution is 9.10. The largest absolute Gasteiger partial charge is 0.455 e. The van der Waals surface area contributed by atoms with Crippen LogP contribution in [0.15, 0.2) is 33.6 Å². The lowest BCUT2D eigenvalue weighted by atomic mass is 10.1. The number of likely N-dealkylation sites (N-methyl/N-ethyl adjacent to an activating group) is 1. The smallest absolute Gasteiger partial charge is 0.316 e. The molecule has 0 saturated heterocycles. The minimum atomic E-state index is -0.478. The Morgan fingerprint density at radius 3 is 2.36 bits per heavy atom. The first-order chi connectivity index (χ1) is 11.6. The molecule has 0 saturated carbocycles. The van der Waals surface area contributed by atoms with Gasteiger partial charge in [-0.25, -0.2) is 0 Å². The molecule has 1 N–H and O–H groups in total. The Kier molecular flexibility index (Phi) is 8.44. The molecule has 1 aromatic rings. The minimum absolute atomic E-state index is 0.0820. The highest BCUT2D eigenvalue weighted by atomic mass is 79.9. The van der Waals surface area contributed by atoms with Crippen molar-refractivity contribution in [2.24, 2.45) is 0 Å². The molecule has 0 aliphatic heterocycles. The van der Waals surface area contributed by atoms with E-state index in [1.165, 1.54) is 23.7 Å². The average Bonchev–Trinajstić information content (AvgIpc) is 2.50. The predicted molar refractivity (Wildman–Crippen MR) is 101 cm³/mol. The van der Waals surface area contributed by atoms with E-state index in [1.807, 2.05) is 45.0 Å². The summed E-state index contributed by atoms with van der Waals surface area (Å²) in [6.45, 7) is 5.12. The predicted octanol–water partition coefficient (Wildman–Crippen LogP) is 2.46. The molecule has 0 unspecified atom stereocenters. The highest BCUT2D eigenvalue weighted by Crippen LogP contribution is 2.20. The fourth-order valence-electron chi connectivity index (χ4n) is 1.73. The van der Waals surface area contributed by atoms with Gasteiger partial charge in [-0.2, -0.15) is 0 Å².